The van der Waals surface area contributed by atoms with Crippen molar-refractivity contribution in [2.45, 2.75) is 45.7 Å². The largest absolute Gasteiger partial charge is 0.354 e. The van der Waals surface area contributed by atoms with Crippen LogP contribution in [0.1, 0.15) is 39.7 Å². The Morgan fingerprint density at radius 1 is 1.06 bits per heavy atom. The van der Waals surface area contributed by atoms with E-state index < -0.39 is 0 Å². The van der Waals surface area contributed by atoms with Crippen LogP contribution in [0.3, 0.4) is 0 Å². The molecule has 0 bridgehead atoms. The molecule has 2 fully saturated rings. The molecule has 9 nitrogen and oxygen atoms in total. The van der Waals surface area contributed by atoms with Crippen molar-refractivity contribution in [1.29, 1.82) is 0 Å². The molecule has 1 atom stereocenters. The lowest BCUT2D eigenvalue weighted by atomic mass is 10.2. The third-order valence-electron chi connectivity index (χ3n) is 6.20. The predicted molar refractivity (Wildman–Crippen MR) is 124 cm³/mol. The summed E-state index contributed by atoms with van der Waals surface area (Å²) in [4.78, 5) is 19.0. The van der Waals surface area contributed by atoms with E-state index in [-0.39, 0.29) is 6.04 Å². The number of pyridine rings is 1. The van der Waals surface area contributed by atoms with E-state index in [1.165, 1.54) is 12.8 Å². The summed E-state index contributed by atoms with van der Waals surface area (Å²) in [5.74, 6) is 3.28. The lowest BCUT2D eigenvalue weighted by molar-refractivity contribution is 0.551. The fourth-order valence-electron chi connectivity index (χ4n) is 4.49. The Balaban J connectivity index is 1.50. The second-order valence-corrected chi connectivity index (χ2v) is 8.77. The van der Waals surface area contributed by atoms with Crippen LogP contribution < -0.4 is 20.4 Å². The molecule has 0 saturated carbocycles. The molecule has 2 saturated heterocycles. The Morgan fingerprint density at radius 3 is 2.61 bits per heavy atom. The van der Waals surface area contributed by atoms with Gasteiger partial charge in [-0.1, -0.05) is 0 Å². The minimum Gasteiger partial charge on any atom is -0.354 e. The molecule has 0 amide bonds. The Labute approximate surface area is 182 Å². The molecule has 0 spiro atoms. The van der Waals surface area contributed by atoms with Crippen molar-refractivity contribution < 1.29 is 0 Å². The van der Waals surface area contributed by atoms with Crippen LogP contribution in [-0.2, 0) is 0 Å². The molecule has 164 valence electrons. The number of nitrogens with one attached hydrogen (secondary N) is 2. The summed E-state index contributed by atoms with van der Waals surface area (Å²) >= 11 is 0. The van der Waals surface area contributed by atoms with Crippen LogP contribution in [0.4, 0.5) is 23.4 Å². The number of piperazine rings is 1. The predicted octanol–water partition coefficient (Wildman–Crippen LogP) is 2.94. The summed E-state index contributed by atoms with van der Waals surface area (Å²) in [5.41, 5.74) is 1.05. The smallest absolute Gasteiger partial charge is 0.232 e. The van der Waals surface area contributed by atoms with Crippen molar-refractivity contribution in [3.05, 3.63) is 24.5 Å². The quantitative estimate of drug-likeness (QED) is 0.650. The third-order valence-corrected chi connectivity index (χ3v) is 6.20. The molecule has 31 heavy (non-hydrogen) atoms. The summed E-state index contributed by atoms with van der Waals surface area (Å²) < 4.78 is 2.01. The van der Waals surface area contributed by atoms with Crippen LogP contribution in [0, 0.1) is 0 Å². The number of fused-ring (bicyclic) bond motifs is 1. The second-order valence-electron chi connectivity index (χ2n) is 8.77. The van der Waals surface area contributed by atoms with Gasteiger partial charge in [0.1, 0.15) is 17.5 Å². The molecule has 2 aliphatic heterocycles. The van der Waals surface area contributed by atoms with Gasteiger partial charge in [0.25, 0.3) is 0 Å². The first-order valence-corrected chi connectivity index (χ1v) is 11.3. The molecule has 0 aliphatic carbocycles. The van der Waals surface area contributed by atoms with Crippen molar-refractivity contribution in [1.82, 2.24) is 30.0 Å². The molecule has 2 aliphatic rings. The summed E-state index contributed by atoms with van der Waals surface area (Å²) in [6.07, 6.45) is 6.12. The van der Waals surface area contributed by atoms with Crippen LogP contribution >= 0.6 is 0 Å². The Bertz CT molecular complexity index is 1050. The van der Waals surface area contributed by atoms with Crippen molar-refractivity contribution in [3.8, 4) is 0 Å². The average Bonchev–Trinajstić information content (AvgIpc) is 3.40. The zero-order valence-corrected chi connectivity index (χ0v) is 18.5. The number of aromatic nitrogens is 5. The van der Waals surface area contributed by atoms with Crippen LogP contribution in [0.2, 0.25) is 0 Å². The van der Waals surface area contributed by atoms with E-state index >= 15 is 0 Å². The van der Waals surface area contributed by atoms with Crippen molar-refractivity contribution in [2.75, 3.05) is 47.8 Å². The summed E-state index contributed by atoms with van der Waals surface area (Å²) in [7, 11) is 0. The molecule has 1 unspecified atom stereocenters. The number of hydrogen-bond acceptors (Lipinski definition) is 8. The van der Waals surface area contributed by atoms with E-state index in [0.29, 0.717) is 12.0 Å². The maximum atomic E-state index is 4.88. The standard InChI is InChI=1S/C22H31N9/c1-15(2)31-18-11-19(24-13-17(18)14-25-31)26-22-27-20(29-9-6-23-7-10-29)12-21(28-22)30-8-4-5-16(30)3/h11-16,23H,4-10H2,1-3H3,(H,24,26,27,28). The highest BCUT2D eigenvalue weighted by molar-refractivity contribution is 5.81. The van der Waals surface area contributed by atoms with E-state index in [0.717, 1.165) is 61.1 Å². The lowest BCUT2D eigenvalue weighted by Crippen LogP contribution is -2.44. The van der Waals surface area contributed by atoms with Gasteiger partial charge in [-0.3, -0.25) is 4.68 Å². The first-order valence-electron chi connectivity index (χ1n) is 11.3. The number of anilines is 4. The molecule has 5 heterocycles. The minimum absolute atomic E-state index is 0.281. The molecular formula is C22H31N9. The monoisotopic (exact) mass is 421 g/mol. The van der Waals surface area contributed by atoms with E-state index in [1.807, 2.05) is 23.1 Å². The van der Waals surface area contributed by atoms with Gasteiger partial charge in [-0.15, -0.1) is 0 Å². The Kier molecular flexibility index (Phi) is 5.35. The van der Waals surface area contributed by atoms with Gasteiger partial charge in [0, 0.05) is 68.5 Å². The molecule has 0 aromatic carbocycles. The summed E-state index contributed by atoms with van der Waals surface area (Å²) in [5, 5.41) is 12.3. The second kappa shape index (κ2) is 8.30. The SMILES string of the molecule is CC1CCCN1c1cc(N2CCNCC2)nc(Nc2cc3c(cn2)cnn3C(C)C)n1. The first kappa shape index (κ1) is 20.0. The van der Waals surface area contributed by atoms with Gasteiger partial charge in [-0.25, -0.2) is 4.98 Å². The maximum absolute atomic E-state index is 4.88. The van der Waals surface area contributed by atoms with E-state index in [4.69, 9.17) is 9.97 Å². The van der Waals surface area contributed by atoms with Gasteiger partial charge >= 0.3 is 0 Å². The summed E-state index contributed by atoms with van der Waals surface area (Å²) in [6, 6.07) is 4.95. The van der Waals surface area contributed by atoms with Gasteiger partial charge in [-0.2, -0.15) is 15.1 Å². The topological polar surface area (TPSA) is 87.0 Å². The third kappa shape index (κ3) is 4.01. The Hall–Kier alpha value is -2.94. The van der Waals surface area contributed by atoms with Crippen LogP contribution in [0.25, 0.3) is 10.9 Å². The van der Waals surface area contributed by atoms with E-state index in [9.17, 15) is 0 Å². The highest BCUT2D eigenvalue weighted by Gasteiger charge is 2.24. The van der Waals surface area contributed by atoms with Crippen molar-refractivity contribution in [2.24, 2.45) is 0 Å². The zero-order valence-electron chi connectivity index (χ0n) is 18.5. The fraction of sp³-hybridized carbons (Fsp3) is 0.545. The molecular weight excluding hydrogens is 390 g/mol. The van der Waals surface area contributed by atoms with Crippen LogP contribution in [0.15, 0.2) is 24.5 Å². The average molecular weight is 422 g/mol. The van der Waals surface area contributed by atoms with Crippen LogP contribution in [-0.4, -0.2) is 63.5 Å². The molecule has 5 rings (SSSR count). The van der Waals surface area contributed by atoms with Crippen molar-refractivity contribution >= 4 is 34.3 Å². The molecule has 2 N–H and O–H groups in total. The van der Waals surface area contributed by atoms with Gasteiger partial charge in [0.2, 0.25) is 5.95 Å². The highest BCUT2D eigenvalue weighted by atomic mass is 15.3. The molecule has 3 aromatic heterocycles. The van der Waals surface area contributed by atoms with Gasteiger partial charge < -0.3 is 20.4 Å². The zero-order chi connectivity index (χ0) is 21.4. The first-order chi connectivity index (χ1) is 15.1. The number of nitrogens with zero attached hydrogens (tertiary/aromatic N) is 7. The number of hydrogen-bond donors (Lipinski definition) is 2. The van der Waals surface area contributed by atoms with Crippen molar-refractivity contribution in [3.63, 3.8) is 0 Å². The Morgan fingerprint density at radius 2 is 1.87 bits per heavy atom. The normalized spacial score (nSPS) is 19.5. The number of rotatable bonds is 5. The lowest BCUT2D eigenvalue weighted by Gasteiger charge is -2.30. The molecule has 0 radical (unpaired) electrons. The van der Waals surface area contributed by atoms with E-state index in [1.54, 1.807) is 0 Å². The van der Waals surface area contributed by atoms with Gasteiger partial charge in [0.15, 0.2) is 0 Å². The van der Waals surface area contributed by atoms with Crippen LogP contribution in [0.5, 0.6) is 0 Å². The minimum atomic E-state index is 0.281. The maximum Gasteiger partial charge on any atom is 0.232 e. The highest BCUT2D eigenvalue weighted by Crippen LogP contribution is 2.29. The van der Waals surface area contributed by atoms with Gasteiger partial charge in [0.05, 0.1) is 11.7 Å². The molecule has 9 heteroatoms. The van der Waals surface area contributed by atoms with E-state index in [2.05, 4.69) is 57.4 Å². The molecule has 3 aromatic rings. The summed E-state index contributed by atoms with van der Waals surface area (Å²) in [6.45, 7) is 11.4. The van der Waals surface area contributed by atoms with Gasteiger partial charge in [-0.05, 0) is 33.6 Å². The fourth-order valence-corrected chi connectivity index (χ4v) is 4.49.